The van der Waals surface area contributed by atoms with Crippen LogP contribution in [-0.2, 0) is 7.05 Å². The van der Waals surface area contributed by atoms with Crippen LogP contribution >= 0.6 is 11.3 Å². The molecule has 1 unspecified atom stereocenters. The summed E-state index contributed by atoms with van der Waals surface area (Å²) in [6.07, 6.45) is 2.30. The van der Waals surface area contributed by atoms with Crippen LogP contribution in [0.2, 0.25) is 0 Å². The van der Waals surface area contributed by atoms with Crippen LogP contribution in [0.5, 0.6) is 0 Å². The van der Waals surface area contributed by atoms with Gasteiger partial charge in [-0.25, -0.2) is 14.8 Å². The van der Waals surface area contributed by atoms with Crippen molar-refractivity contribution in [2.75, 3.05) is 5.32 Å². The van der Waals surface area contributed by atoms with Crippen molar-refractivity contribution in [3.63, 3.8) is 0 Å². The topological polar surface area (TPSA) is 84.7 Å². The monoisotopic (exact) mass is 280 g/mol. The van der Waals surface area contributed by atoms with Crippen molar-refractivity contribution in [3.8, 4) is 0 Å². The van der Waals surface area contributed by atoms with E-state index < -0.39 is 0 Å². The lowest BCUT2D eigenvalue weighted by molar-refractivity contribution is 0.248. The summed E-state index contributed by atoms with van der Waals surface area (Å²) >= 11 is 1.55. The molecule has 0 spiro atoms. The molecule has 0 saturated heterocycles. The predicted molar refractivity (Wildman–Crippen MR) is 73.0 cm³/mol. The van der Waals surface area contributed by atoms with Crippen LogP contribution in [-0.4, -0.2) is 25.8 Å². The first-order valence-corrected chi connectivity index (χ1v) is 6.81. The Kier molecular flexibility index (Phi) is 4.10. The van der Waals surface area contributed by atoms with Gasteiger partial charge in [0.2, 0.25) is 5.95 Å². The molecule has 2 aromatic rings. The van der Waals surface area contributed by atoms with Crippen LogP contribution in [0.4, 0.5) is 10.7 Å². The molecule has 2 N–H and O–H groups in total. The lowest BCUT2D eigenvalue weighted by atomic mass is 10.2. The average Bonchev–Trinajstić information content (AvgIpc) is 2.95. The van der Waals surface area contributed by atoms with Crippen LogP contribution in [0.25, 0.3) is 0 Å². The van der Waals surface area contributed by atoms with Gasteiger partial charge in [-0.3, -0.25) is 10.00 Å². The first kappa shape index (κ1) is 13.5. The molecule has 1 atom stereocenters. The first-order chi connectivity index (χ1) is 9.08. The maximum Gasteiger partial charge on any atom is 0.322 e. The maximum absolute atomic E-state index is 11.8. The lowest BCUT2D eigenvalue weighted by Gasteiger charge is -2.14. The van der Waals surface area contributed by atoms with E-state index in [1.165, 1.54) is 11.0 Å². The van der Waals surface area contributed by atoms with Crippen molar-refractivity contribution in [1.82, 2.24) is 25.1 Å². The van der Waals surface area contributed by atoms with Crippen LogP contribution in [0.15, 0.2) is 11.7 Å². The third-order valence-electron chi connectivity index (χ3n) is 2.47. The second kappa shape index (κ2) is 5.79. The number of urea groups is 1. The summed E-state index contributed by atoms with van der Waals surface area (Å²) in [5, 5.41) is 12.3. The van der Waals surface area contributed by atoms with Crippen molar-refractivity contribution < 1.29 is 4.79 Å². The molecule has 0 bridgehead atoms. The molecule has 0 aliphatic heterocycles. The molecule has 102 valence electrons. The number of nitrogens with one attached hydrogen (secondary N) is 2. The van der Waals surface area contributed by atoms with Gasteiger partial charge in [-0.15, -0.1) is 16.4 Å². The minimum Gasteiger partial charge on any atom is -0.329 e. The van der Waals surface area contributed by atoms with Crippen LogP contribution in [0, 0.1) is 6.92 Å². The molecule has 2 aromatic heterocycles. The molecule has 0 saturated carbocycles. The molecular weight excluding hydrogens is 264 g/mol. The van der Waals surface area contributed by atoms with E-state index in [4.69, 9.17) is 0 Å². The zero-order valence-corrected chi connectivity index (χ0v) is 11.9. The molecule has 0 radical (unpaired) electrons. The molecule has 2 rings (SSSR count). The Labute approximate surface area is 115 Å². The Morgan fingerprint density at radius 1 is 1.58 bits per heavy atom. The van der Waals surface area contributed by atoms with Gasteiger partial charge in [0.25, 0.3) is 0 Å². The van der Waals surface area contributed by atoms with Gasteiger partial charge in [-0.2, -0.15) is 0 Å². The SMILES string of the molecule is CCC(NC(=O)Nc1ncn(C)n1)c1nc(C)cs1. The number of carbonyl (C=O) groups excluding carboxylic acids is 1. The van der Waals surface area contributed by atoms with E-state index in [0.717, 1.165) is 17.1 Å². The summed E-state index contributed by atoms with van der Waals surface area (Å²) in [4.78, 5) is 20.2. The number of anilines is 1. The maximum atomic E-state index is 11.8. The molecule has 19 heavy (non-hydrogen) atoms. The summed E-state index contributed by atoms with van der Waals surface area (Å²) in [5.74, 6) is 0.283. The zero-order valence-electron chi connectivity index (χ0n) is 11.0. The Balaban J connectivity index is 1.96. The van der Waals surface area contributed by atoms with E-state index in [0.29, 0.717) is 0 Å². The number of carbonyl (C=O) groups is 1. The average molecular weight is 280 g/mol. The Bertz CT molecular complexity index is 563. The van der Waals surface area contributed by atoms with Gasteiger partial charge in [-0.05, 0) is 13.3 Å². The Morgan fingerprint density at radius 3 is 2.89 bits per heavy atom. The van der Waals surface area contributed by atoms with Gasteiger partial charge in [0, 0.05) is 18.1 Å². The molecule has 0 aliphatic rings. The highest BCUT2D eigenvalue weighted by Gasteiger charge is 2.16. The first-order valence-electron chi connectivity index (χ1n) is 5.93. The summed E-state index contributed by atoms with van der Waals surface area (Å²) in [6, 6.07) is -0.423. The highest BCUT2D eigenvalue weighted by atomic mass is 32.1. The van der Waals surface area contributed by atoms with Gasteiger partial charge in [0.05, 0.1) is 6.04 Å². The highest BCUT2D eigenvalue weighted by molar-refractivity contribution is 7.09. The largest absolute Gasteiger partial charge is 0.329 e. The van der Waals surface area contributed by atoms with Crippen LogP contribution < -0.4 is 10.6 Å². The normalized spacial score (nSPS) is 12.2. The van der Waals surface area contributed by atoms with Gasteiger partial charge in [-0.1, -0.05) is 6.92 Å². The second-order valence-corrected chi connectivity index (χ2v) is 5.02. The molecule has 8 heteroatoms. The van der Waals surface area contributed by atoms with Crippen molar-refractivity contribution in [3.05, 3.63) is 22.4 Å². The fraction of sp³-hybridized carbons (Fsp3) is 0.455. The predicted octanol–water partition coefficient (Wildman–Crippen LogP) is 1.85. The lowest BCUT2D eigenvalue weighted by Crippen LogP contribution is -2.32. The number of rotatable bonds is 4. The number of thiazole rings is 1. The highest BCUT2D eigenvalue weighted by Crippen LogP contribution is 2.20. The van der Waals surface area contributed by atoms with E-state index in [-0.39, 0.29) is 18.0 Å². The number of aromatic nitrogens is 4. The fourth-order valence-corrected chi connectivity index (χ4v) is 2.49. The van der Waals surface area contributed by atoms with Crippen molar-refractivity contribution in [2.45, 2.75) is 26.3 Å². The molecule has 2 heterocycles. The van der Waals surface area contributed by atoms with E-state index in [9.17, 15) is 4.79 Å². The van der Waals surface area contributed by atoms with Gasteiger partial charge in [0.15, 0.2) is 0 Å². The molecule has 2 amide bonds. The van der Waals surface area contributed by atoms with Crippen LogP contribution in [0.3, 0.4) is 0 Å². The minimum absolute atomic E-state index is 0.0950. The molecule has 0 aliphatic carbocycles. The van der Waals surface area contributed by atoms with E-state index >= 15 is 0 Å². The molecule has 0 aromatic carbocycles. The van der Waals surface area contributed by atoms with Crippen molar-refractivity contribution in [2.24, 2.45) is 7.05 Å². The third kappa shape index (κ3) is 3.50. The van der Waals surface area contributed by atoms with Crippen molar-refractivity contribution in [1.29, 1.82) is 0 Å². The van der Waals surface area contributed by atoms with Gasteiger partial charge in [0.1, 0.15) is 11.3 Å². The summed E-state index contributed by atoms with van der Waals surface area (Å²) in [6.45, 7) is 3.94. The number of amides is 2. The minimum atomic E-state index is -0.328. The standard InChI is InChI=1S/C11H16N6OS/c1-4-8(9-13-7(2)5-19-9)14-11(18)15-10-12-6-17(3)16-10/h5-6,8H,4H2,1-3H3,(H2,14,15,16,18). The summed E-state index contributed by atoms with van der Waals surface area (Å²) < 4.78 is 1.52. The summed E-state index contributed by atoms with van der Waals surface area (Å²) in [5.41, 5.74) is 0.965. The fourth-order valence-electron chi connectivity index (χ4n) is 1.56. The number of nitrogens with zero attached hydrogens (tertiary/aromatic N) is 4. The smallest absolute Gasteiger partial charge is 0.322 e. The van der Waals surface area contributed by atoms with Gasteiger partial charge >= 0.3 is 6.03 Å². The van der Waals surface area contributed by atoms with Crippen molar-refractivity contribution >= 4 is 23.3 Å². The van der Waals surface area contributed by atoms with E-state index in [1.807, 2.05) is 19.2 Å². The Morgan fingerprint density at radius 2 is 2.37 bits per heavy atom. The number of hydrogen-bond acceptors (Lipinski definition) is 5. The molecule has 7 nitrogen and oxygen atoms in total. The van der Waals surface area contributed by atoms with E-state index in [1.54, 1.807) is 18.4 Å². The quantitative estimate of drug-likeness (QED) is 0.895. The van der Waals surface area contributed by atoms with Gasteiger partial charge < -0.3 is 5.32 Å². The molecule has 0 fully saturated rings. The molecular formula is C11H16N6OS. The zero-order chi connectivity index (χ0) is 13.8. The number of hydrogen-bond donors (Lipinski definition) is 2. The van der Waals surface area contributed by atoms with Crippen LogP contribution in [0.1, 0.15) is 30.1 Å². The third-order valence-corrected chi connectivity index (χ3v) is 3.55. The summed E-state index contributed by atoms with van der Waals surface area (Å²) in [7, 11) is 1.74. The number of aryl methyl sites for hydroxylation is 2. The Hall–Kier alpha value is -1.96. The second-order valence-electron chi connectivity index (χ2n) is 4.13. The van der Waals surface area contributed by atoms with E-state index in [2.05, 4.69) is 25.7 Å².